The Kier molecular flexibility index (Phi) is 7.02. The second-order valence-electron chi connectivity index (χ2n) is 5.96. The Hall–Kier alpha value is -1.64. The van der Waals surface area contributed by atoms with Crippen molar-refractivity contribution in [2.75, 3.05) is 13.1 Å². The van der Waals surface area contributed by atoms with Crippen molar-refractivity contribution in [2.24, 2.45) is 5.92 Å². The van der Waals surface area contributed by atoms with Gasteiger partial charge in [0.1, 0.15) is 5.01 Å². The number of thiazole rings is 1. The summed E-state index contributed by atoms with van der Waals surface area (Å²) in [5, 5.41) is 8.56. The molecule has 0 aliphatic carbocycles. The Morgan fingerprint density at radius 3 is 2.50 bits per heavy atom. The number of nitrogens with zero attached hydrogens (tertiary/aromatic N) is 1. The normalized spacial score (nSPS) is 15.3. The van der Waals surface area contributed by atoms with Gasteiger partial charge in [0.15, 0.2) is 0 Å². The Balaban J connectivity index is 0.00000243. The van der Waals surface area contributed by atoms with Crippen molar-refractivity contribution >= 4 is 29.7 Å². The number of halogens is 4. The Morgan fingerprint density at radius 2 is 1.88 bits per heavy atom. The molecule has 2 N–H and O–H groups in total. The molecule has 0 saturated carbocycles. The third-order valence-electron chi connectivity index (χ3n) is 4.16. The van der Waals surface area contributed by atoms with Gasteiger partial charge in [-0.25, -0.2) is 4.98 Å². The van der Waals surface area contributed by atoms with Crippen molar-refractivity contribution in [3.8, 4) is 10.6 Å². The van der Waals surface area contributed by atoms with E-state index >= 15 is 0 Å². The van der Waals surface area contributed by atoms with Gasteiger partial charge in [-0.15, -0.1) is 23.7 Å². The van der Waals surface area contributed by atoms with Crippen LogP contribution in [0.5, 0.6) is 0 Å². The van der Waals surface area contributed by atoms with Gasteiger partial charge in [0, 0.05) is 16.9 Å². The first-order valence-corrected chi connectivity index (χ1v) is 8.92. The molecule has 1 aliphatic heterocycles. The van der Waals surface area contributed by atoms with Crippen LogP contribution in [0, 0.1) is 5.92 Å². The summed E-state index contributed by atoms with van der Waals surface area (Å²) in [5.41, 5.74) is 0.665. The standard InChI is InChI=1S/C17H18F3N3OS.ClH/c18-17(19,20)13-3-1-12(2-4-13)16-23-14(10-25-16)9-22-15(24)11-5-7-21-8-6-11;/h1-4,10-11,21H,5-9H2,(H,22,24);1H. The topological polar surface area (TPSA) is 54.0 Å². The number of rotatable bonds is 4. The van der Waals surface area contributed by atoms with Gasteiger partial charge < -0.3 is 10.6 Å². The highest BCUT2D eigenvalue weighted by Crippen LogP contribution is 2.31. The van der Waals surface area contributed by atoms with Crippen LogP contribution < -0.4 is 10.6 Å². The van der Waals surface area contributed by atoms with Crippen molar-refractivity contribution in [2.45, 2.75) is 25.6 Å². The number of nitrogens with one attached hydrogen (secondary N) is 2. The largest absolute Gasteiger partial charge is 0.416 e. The molecule has 26 heavy (non-hydrogen) atoms. The molecular formula is C17H19ClF3N3OS. The van der Waals surface area contributed by atoms with Gasteiger partial charge in [-0.05, 0) is 38.1 Å². The number of amides is 1. The van der Waals surface area contributed by atoms with E-state index in [4.69, 9.17) is 0 Å². The number of piperidine rings is 1. The number of carbonyl (C=O) groups excluding carboxylic acids is 1. The SMILES string of the molecule is Cl.O=C(NCc1csc(-c2ccc(C(F)(F)F)cc2)n1)C1CCNCC1. The minimum Gasteiger partial charge on any atom is -0.350 e. The maximum Gasteiger partial charge on any atom is 0.416 e. The van der Waals surface area contributed by atoms with Crippen LogP contribution in [-0.4, -0.2) is 24.0 Å². The molecule has 0 unspecified atom stereocenters. The second-order valence-corrected chi connectivity index (χ2v) is 6.82. The molecule has 142 valence electrons. The smallest absolute Gasteiger partial charge is 0.350 e. The van der Waals surface area contributed by atoms with Crippen LogP contribution in [0.15, 0.2) is 29.6 Å². The number of alkyl halides is 3. The van der Waals surface area contributed by atoms with Crippen LogP contribution in [0.1, 0.15) is 24.1 Å². The van der Waals surface area contributed by atoms with Crippen molar-refractivity contribution < 1.29 is 18.0 Å². The van der Waals surface area contributed by atoms with Crippen LogP contribution in [0.4, 0.5) is 13.2 Å². The molecule has 0 spiro atoms. The van der Waals surface area contributed by atoms with Crippen molar-refractivity contribution in [3.63, 3.8) is 0 Å². The molecule has 2 aromatic rings. The molecule has 4 nitrogen and oxygen atoms in total. The minimum absolute atomic E-state index is 0. The third kappa shape index (κ3) is 5.18. The van der Waals surface area contributed by atoms with Gasteiger partial charge in [0.25, 0.3) is 0 Å². The molecule has 9 heteroatoms. The first kappa shape index (κ1) is 20.7. The molecule has 0 bridgehead atoms. The molecule has 1 saturated heterocycles. The quantitative estimate of drug-likeness (QED) is 0.812. The summed E-state index contributed by atoms with van der Waals surface area (Å²) in [5.74, 6) is 0.0693. The Bertz CT molecular complexity index is 728. The van der Waals surface area contributed by atoms with E-state index in [1.807, 2.05) is 5.38 Å². The lowest BCUT2D eigenvalue weighted by atomic mass is 9.97. The summed E-state index contributed by atoms with van der Waals surface area (Å²) >= 11 is 1.35. The molecule has 0 atom stereocenters. The zero-order valence-corrected chi connectivity index (χ0v) is 15.4. The molecule has 1 amide bonds. The van der Waals surface area contributed by atoms with Gasteiger partial charge in [-0.1, -0.05) is 12.1 Å². The molecule has 1 aromatic carbocycles. The van der Waals surface area contributed by atoms with E-state index in [2.05, 4.69) is 15.6 Å². The predicted molar refractivity (Wildman–Crippen MR) is 97.2 cm³/mol. The first-order valence-electron chi connectivity index (χ1n) is 8.04. The van der Waals surface area contributed by atoms with E-state index in [1.54, 1.807) is 0 Å². The predicted octanol–water partition coefficient (Wildman–Crippen LogP) is 3.87. The highest BCUT2D eigenvalue weighted by Gasteiger charge is 2.30. The average Bonchev–Trinajstić information content (AvgIpc) is 3.09. The van der Waals surface area contributed by atoms with E-state index in [1.165, 1.54) is 23.5 Å². The molecule has 1 fully saturated rings. The van der Waals surface area contributed by atoms with E-state index in [0.717, 1.165) is 38.1 Å². The van der Waals surface area contributed by atoms with E-state index in [-0.39, 0.29) is 24.2 Å². The molecule has 0 radical (unpaired) electrons. The molecule has 1 aliphatic rings. The average molecular weight is 406 g/mol. The summed E-state index contributed by atoms with van der Waals surface area (Å²) in [6.07, 6.45) is -2.68. The highest BCUT2D eigenvalue weighted by molar-refractivity contribution is 7.13. The van der Waals surface area contributed by atoms with Crippen molar-refractivity contribution in [3.05, 3.63) is 40.9 Å². The maximum absolute atomic E-state index is 12.6. The lowest BCUT2D eigenvalue weighted by Gasteiger charge is -2.21. The number of aromatic nitrogens is 1. The molecule has 2 heterocycles. The van der Waals surface area contributed by atoms with E-state index in [0.29, 0.717) is 22.8 Å². The maximum atomic E-state index is 12.6. The van der Waals surface area contributed by atoms with Crippen LogP contribution in [0.2, 0.25) is 0 Å². The molecule has 1 aromatic heterocycles. The fourth-order valence-electron chi connectivity index (χ4n) is 2.73. The number of hydrogen-bond donors (Lipinski definition) is 2. The van der Waals surface area contributed by atoms with Gasteiger partial charge in [-0.3, -0.25) is 4.79 Å². The summed E-state index contributed by atoms with van der Waals surface area (Å²) in [4.78, 5) is 16.5. The van der Waals surface area contributed by atoms with Crippen LogP contribution in [-0.2, 0) is 17.5 Å². The fraction of sp³-hybridized carbons (Fsp3) is 0.412. The Labute approximate surface area is 159 Å². The minimum atomic E-state index is -4.34. The van der Waals surface area contributed by atoms with Gasteiger partial charge in [0.2, 0.25) is 5.91 Å². The lowest BCUT2D eigenvalue weighted by molar-refractivity contribution is -0.137. The molecule has 3 rings (SSSR count). The summed E-state index contributed by atoms with van der Waals surface area (Å²) < 4.78 is 37.8. The number of carbonyl (C=O) groups is 1. The van der Waals surface area contributed by atoms with Crippen LogP contribution in [0.25, 0.3) is 10.6 Å². The monoisotopic (exact) mass is 405 g/mol. The van der Waals surface area contributed by atoms with Gasteiger partial charge in [-0.2, -0.15) is 13.2 Å². The van der Waals surface area contributed by atoms with E-state index in [9.17, 15) is 18.0 Å². The summed E-state index contributed by atoms with van der Waals surface area (Å²) in [6.45, 7) is 2.04. The third-order valence-corrected chi connectivity index (χ3v) is 5.10. The Morgan fingerprint density at radius 1 is 1.23 bits per heavy atom. The second kappa shape index (κ2) is 8.83. The zero-order chi connectivity index (χ0) is 17.9. The summed E-state index contributed by atoms with van der Waals surface area (Å²) in [7, 11) is 0. The lowest BCUT2D eigenvalue weighted by Crippen LogP contribution is -2.37. The van der Waals surface area contributed by atoms with Gasteiger partial charge in [0.05, 0.1) is 17.8 Å². The number of hydrogen-bond acceptors (Lipinski definition) is 4. The van der Waals surface area contributed by atoms with Crippen LogP contribution >= 0.6 is 23.7 Å². The number of benzene rings is 1. The molecular weight excluding hydrogens is 387 g/mol. The van der Waals surface area contributed by atoms with Crippen LogP contribution in [0.3, 0.4) is 0 Å². The van der Waals surface area contributed by atoms with E-state index < -0.39 is 11.7 Å². The zero-order valence-electron chi connectivity index (χ0n) is 13.8. The first-order chi connectivity index (χ1) is 11.9. The fourth-order valence-corrected chi connectivity index (χ4v) is 3.55. The highest BCUT2D eigenvalue weighted by atomic mass is 35.5. The van der Waals surface area contributed by atoms with Crippen molar-refractivity contribution in [1.29, 1.82) is 0 Å². The summed E-state index contributed by atoms with van der Waals surface area (Å²) in [6, 6.07) is 4.93. The van der Waals surface area contributed by atoms with Crippen molar-refractivity contribution in [1.82, 2.24) is 15.6 Å². The van der Waals surface area contributed by atoms with Gasteiger partial charge >= 0.3 is 6.18 Å².